The van der Waals surface area contributed by atoms with Gasteiger partial charge in [-0.2, -0.15) is 0 Å². The molecule has 1 N–H and O–H groups in total. The summed E-state index contributed by atoms with van der Waals surface area (Å²) >= 11 is 0. The first-order valence-corrected chi connectivity index (χ1v) is 6.47. The predicted octanol–water partition coefficient (Wildman–Crippen LogP) is 3.96. The molecule has 0 atom stereocenters. The number of imidazole rings is 1. The van der Waals surface area contributed by atoms with Crippen LogP contribution in [0, 0.1) is 20.8 Å². The summed E-state index contributed by atoms with van der Waals surface area (Å²) in [6, 6.07) is 4.39. The first kappa shape index (κ1) is 12.7. The average Bonchev–Trinajstić information content (AvgIpc) is 2.71. The molecule has 96 valence electrons. The molecule has 0 aliphatic rings. The van der Waals surface area contributed by atoms with Crippen LogP contribution in [0.5, 0.6) is 0 Å². The molecule has 0 fully saturated rings. The summed E-state index contributed by atoms with van der Waals surface area (Å²) in [5.74, 6) is 0.923. The number of nitrogens with one attached hydrogen (secondary N) is 1. The summed E-state index contributed by atoms with van der Waals surface area (Å²) < 4.78 is 2.15. The van der Waals surface area contributed by atoms with Crippen molar-refractivity contribution in [3.05, 3.63) is 41.2 Å². The van der Waals surface area contributed by atoms with E-state index >= 15 is 0 Å². The van der Waals surface area contributed by atoms with Crippen LogP contribution in [0.2, 0.25) is 0 Å². The highest BCUT2D eigenvalue weighted by Gasteiger charge is 2.07. The van der Waals surface area contributed by atoms with Crippen molar-refractivity contribution in [1.82, 2.24) is 9.55 Å². The summed E-state index contributed by atoms with van der Waals surface area (Å²) in [5.41, 5.74) is 4.99. The van der Waals surface area contributed by atoms with Crippen LogP contribution in [-0.4, -0.2) is 9.55 Å². The Hall–Kier alpha value is -1.77. The molecule has 2 rings (SSSR count). The van der Waals surface area contributed by atoms with Gasteiger partial charge in [-0.15, -0.1) is 0 Å². The van der Waals surface area contributed by atoms with E-state index in [1.165, 1.54) is 22.4 Å². The lowest BCUT2D eigenvalue weighted by Gasteiger charge is -2.14. The van der Waals surface area contributed by atoms with Crippen LogP contribution in [0.3, 0.4) is 0 Å². The summed E-state index contributed by atoms with van der Waals surface area (Å²) in [6.45, 7) is 9.56. The Morgan fingerprint density at radius 2 is 1.83 bits per heavy atom. The quantitative estimate of drug-likeness (QED) is 0.880. The Labute approximate surface area is 109 Å². The minimum Gasteiger partial charge on any atom is -0.325 e. The summed E-state index contributed by atoms with van der Waals surface area (Å²) in [5, 5.41) is 3.45. The second kappa shape index (κ2) is 5.25. The van der Waals surface area contributed by atoms with Crippen molar-refractivity contribution < 1.29 is 0 Å². The van der Waals surface area contributed by atoms with Gasteiger partial charge in [0.15, 0.2) is 0 Å². The largest absolute Gasteiger partial charge is 0.325 e. The summed E-state index contributed by atoms with van der Waals surface area (Å²) in [4.78, 5) is 4.39. The van der Waals surface area contributed by atoms with Gasteiger partial charge >= 0.3 is 0 Å². The predicted molar refractivity (Wildman–Crippen MR) is 76.5 cm³/mol. The van der Waals surface area contributed by atoms with Crippen LogP contribution < -0.4 is 5.32 Å². The maximum atomic E-state index is 4.39. The van der Waals surface area contributed by atoms with E-state index < -0.39 is 0 Å². The molecule has 1 heterocycles. The van der Waals surface area contributed by atoms with E-state index in [9.17, 15) is 0 Å². The van der Waals surface area contributed by atoms with Crippen molar-refractivity contribution in [2.45, 2.75) is 40.7 Å². The van der Waals surface area contributed by atoms with Gasteiger partial charge < -0.3 is 9.88 Å². The third-order valence-corrected chi connectivity index (χ3v) is 3.09. The fourth-order valence-corrected chi connectivity index (χ4v) is 2.34. The molecule has 0 aliphatic carbocycles. The van der Waals surface area contributed by atoms with Crippen LogP contribution in [0.4, 0.5) is 11.6 Å². The van der Waals surface area contributed by atoms with Gasteiger partial charge in [0.2, 0.25) is 5.95 Å². The Balaban J connectivity index is 2.31. The lowest BCUT2D eigenvalue weighted by molar-refractivity contribution is 0.686. The Morgan fingerprint density at radius 1 is 1.17 bits per heavy atom. The van der Waals surface area contributed by atoms with Crippen LogP contribution in [0.1, 0.15) is 30.0 Å². The molecule has 0 radical (unpaired) electrons. The Kier molecular flexibility index (Phi) is 3.70. The van der Waals surface area contributed by atoms with Gasteiger partial charge in [0.25, 0.3) is 0 Å². The molecule has 0 saturated carbocycles. The first-order valence-electron chi connectivity index (χ1n) is 6.47. The first-order chi connectivity index (χ1) is 8.61. The lowest BCUT2D eigenvalue weighted by atomic mass is 10.1. The maximum Gasteiger partial charge on any atom is 0.207 e. The van der Waals surface area contributed by atoms with Gasteiger partial charge in [-0.25, -0.2) is 4.98 Å². The van der Waals surface area contributed by atoms with Gasteiger partial charge in [-0.1, -0.05) is 24.6 Å². The third kappa shape index (κ3) is 2.55. The molecule has 0 bridgehead atoms. The smallest absolute Gasteiger partial charge is 0.207 e. The second-order valence-corrected chi connectivity index (χ2v) is 4.84. The van der Waals surface area contributed by atoms with Crippen molar-refractivity contribution >= 4 is 11.6 Å². The zero-order valence-corrected chi connectivity index (χ0v) is 11.6. The molecule has 0 saturated heterocycles. The van der Waals surface area contributed by atoms with Crippen molar-refractivity contribution in [3.8, 4) is 0 Å². The van der Waals surface area contributed by atoms with E-state index in [0.717, 1.165) is 18.9 Å². The van der Waals surface area contributed by atoms with Gasteiger partial charge in [0.1, 0.15) is 0 Å². The molecule has 3 heteroatoms. The van der Waals surface area contributed by atoms with Gasteiger partial charge in [-0.05, 0) is 38.3 Å². The fraction of sp³-hybridized carbons (Fsp3) is 0.400. The van der Waals surface area contributed by atoms with E-state index in [2.05, 4.69) is 54.7 Å². The topological polar surface area (TPSA) is 29.9 Å². The SMILES string of the molecule is CCCn1ccnc1Nc1c(C)cc(C)cc1C. The Bertz CT molecular complexity index is 517. The molecule has 18 heavy (non-hydrogen) atoms. The van der Waals surface area contributed by atoms with Gasteiger partial charge in [0, 0.05) is 24.6 Å². The van der Waals surface area contributed by atoms with Crippen molar-refractivity contribution in [2.75, 3.05) is 5.32 Å². The monoisotopic (exact) mass is 243 g/mol. The van der Waals surface area contributed by atoms with Crippen molar-refractivity contribution in [3.63, 3.8) is 0 Å². The van der Waals surface area contributed by atoms with E-state index in [1.54, 1.807) is 0 Å². The van der Waals surface area contributed by atoms with Crippen molar-refractivity contribution in [1.29, 1.82) is 0 Å². The van der Waals surface area contributed by atoms with Crippen molar-refractivity contribution in [2.24, 2.45) is 0 Å². The number of aryl methyl sites for hydroxylation is 4. The summed E-state index contributed by atoms with van der Waals surface area (Å²) in [7, 11) is 0. The molecule has 3 nitrogen and oxygen atoms in total. The highest BCUT2D eigenvalue weighted by atomic mass is 15.2. The normalized spacial score (nSPS) is 10.7. The number of nitrogens with zero attached hydrogens (tertiary/aromatic N) is 2. The molecule has 0 unspecified atom stereocenters. The Morgan fingerprint density at radius 3 is 2.44 bits per heavy atom. The van der Waals surface area contributed by atoms with Crippen LogP contribution in [0.15, 0.2) is 24.5 Å². The summed E-state index contributed by atoms with van der Waals surface area (Å²) in [6.07, 6.45) is 4.97. The number of hydrogen-bond donors (Lipinski definition) is 1. The maximum absolute atomic E-state index is 4.39. The molecular formula is C15H21N3. The molecule has 2 aromatic rings. The zero-order valence-electron chi connectivity index (χ0n) is 11.6. The highest BCUT2D eigenvalue weighted by Crippen LogP contribution is 2.25. The van der Waals surface area contributed by atoms with Gasteiger partial charge in [0.05, 0.1) is 0 Å². The van der Waals surface area contributed by atoms with E-state index in [4.69, 9.17) is 0 Å². The standard InChI is InChI=1S/C15H21N3/c1-5-7-18-8-6-16-15(18)17-14-12(3)9-11(2)10-13(14)4/h6,8-10H,5,7H2,1-4H3,(H,16,17). The van der Waals surface area contributed by atoms with E-state index in [0.29, 0.717) is 0 Å². The molecule has 0 amide bonds. The minimum atomic E-state index is 0.923. The van der Waals surface area contributed by atoms with Crippen LogP contribution >= 0.6 is 0 Å². The number of rotatable bonds is 4. The lowest BCUT2D eigenvalue weighted by Crippen LogP contribution is -2.05. The highest BCUT2D eigenvalue weighted by molar-refractivity contribution is 5.63. The van der Waals surface area contributed by atoms with E-state index in [1.807, 2.05) is 12.4 Å². The number of hydrogen-bond acceptors (Lipinski definition) is 2. The second-order valence-electron chi connectivity index (χ2n) is 4.84. The van der Waals surface area contributed by atoms with Crippen LogP contribution in [-0.2, 0) is 6.54 Å². The molecule has 0 aliphatic heterocycles. The molecule has 1 aromatic carbocycles. The number of aromatic nitrogens is 2. The van der Waals surface area contributed by atoms with Gasteiger partial charge in [-0.3, -0.25) is 0 Å². The third-order valence-electron chi connectivity index (χ3n) is 3.09. The van der Waals surface area contributed by atoms with Crippen LogP contribution in [0.25, 0.3) is 0 Å². The molecular weight excluding hydrogens is 222 g/mol. The molecule has 0 spiro atoms. The number of anilines is 2. The minimum absolute atomic E-state index is 0.923. The molecule has 1 aromatic heterocycles. The fourth-order valence-electron chi connectivity index (χ4n) is 2.34. The number of benzene rings is 1. The van der Waals surface area contributed by atoms with E-state index in [-0.39, 0.29) is 0 Å². The zero-order chi connectivity index (χ0) is 13.1. The average molecular weight is 243 g/mol.